The molecule has 0 saturated heterocycles. The SMILES string of the molecule is CCN1Cc2cccc(C(=O)NC(CCCNC)c3nc4ccccc4n3C)c2C1=O. The molecule has 1 unspecified atom stereocenters. The van der Waals surface area contributed by atoms with Gasteiger partial charge in [0.2, 0.25) is 0 Å². The molecule has 0 saturated carbocycles. The second-order valence-electron chi connectivity index (χ2n) is 7.95. The number of carbonyl (C=O) groups excluding carboxylic acids is 2. The van der Waals surface area contributed by atoms with Crippen molar-refractivity contribution in [2.75, 3.05) is 20.1 Å². The predicted octanol–water partition coefficient (Wildman–Crippen LogP) is 3.02. The zero-order valence-corrected chi connectivity index (χ0v) is 18.3. The topological polar surface area (TPSA) is 79.3 Å². The first-order chi connectivity index (χ1) is 15.0. The average molecular weight is 420 g/mol. The van der Waals surface area contributed by atoms with Crippen LogP contribution < -0.4 is 10.6 Å². The molecule has 1 aliphatic rings. The maximum Gasteiger partial charge on any atom is 0.255 e. The molecule has 1 atom stereocenters. The highest BCUT2D eigenvalue weighted by Crippen LogP contribution is 2.27. The van der Waals surface area contributed by atoms with Gasteiger partial charge in [-0.2, -0.15) is 0 Å². The fourth-order valence-corrected chi connectivity index (χ4v) is 4.33. The molecule has 0 bridgehead atoms. The highest BCUT2D eigenvalue weighted by molar-refractivity contribution is 6.09. The van der Waals surface area contributed by atoms with Crippen molar-refractivity contribution in [3.63, 3.8) is 0 Å². The zero-order chi connectivity index (χ0) is 22.0. The number of fused-ring (bicyclic) bond motifs is 2. The molecular weight excluding hydrogens is 390 g/mol. The molecule has 0 radical (unpaired) electrons. The first kappa shape index (κ1) is 21.1. The van der Waals surface area contributed by atoms with Crippen molar-refractivity contribution >= 4 is 22.8 Å². The Hall–Kier alpha value is -3.19. The van der Waals surface area contributed by atoms with Crippen molar-refractivity contribution in [1.82, 2.24) is 25.1 Å². The molecule has 7 nitrogen and oxygen atoms in total. The molecule has 0 spiro atoms. The summed E-state index contributed by atoms with van der Waals surface area (Å²) in [5.74, 6) is 0.516. The van der Waals surface area contributed by atoms with Crippen LogP contribution in [0.4, 0.5) is 0 Å². The van der Waals surface area contributed by atoms with Crippen molar-refractivity contribution in [1.29, 1.82) is 0 Å². The first-order valence-electron chi connectivity index (χ1n) is 10.8. The summed E-state index contributed by atoms with van der Waals surface area (Å²) in [4.78, 5) is 32.7. The fourth-order valence-electron chi connectivity index (χ4n) is 4.33. The molecule has 2 heterocycles. The molecule has 0 aliphatic carbocycles. The molecule has 3 aromatic rings. The number of nitrogens with one attached hydrogen (secondary N) is 2. The van der Waals surface area contributed by atoms with Crippen LogP contribution in [-0.4, -0.2) is 46.4 Å². The minimum absolute atomic E-state index is 0.0716. The molecule has 2 N–H and O–H groups in total. The molecule has 2 aromatic carbocycles. The Labute approximate surface area is 182 Å². The second kappa shape index (κ2) is 8.89. The van der Waals surface area contributed by atoms with Crippen molar-refractivity contribution < 1.29 is 9.59 Å². The standard InChI is InChI=1S/C24H29N5O2/c1-4-29-15-16-9-7-10-17(21(16)24(29)31)23(30)27-19(12-8-14-25-2)22-26-18-11-5-6-13-20(18)28(22)3/h5-7,9-11,13,19,25H,4,8,12,14-15H2,1-3H3,(H,27,30). The van der Waals surface area contributed by atoms with Crippen molar-refractivity contribution in [2.45, 2.75) is 32.4 Å². The van der Waals surface area contributed by atoms with Gasteiger partial charge >= 0.3 is 0 Å². The van der Waals surface area contributed by atoms with Gasteiger partial charge in [0.15, 0.2) is 0 Å². The Kier molecular flexibility index (Phi) is 6.04. The van der Waals surface area contributed by atoms with Gasteiger partial charge in [0, 0.05) is 20.1 Å². The molecule has 162 valence electrons. The summed E-state index contributed by atoms with van der Waals surface area (Å²) in [6.07, 6.45) is 1.63. The number of rotatable bonds is 8. The van der Waals surface area contributed by atoms with E-state index in [9.17, 15) is 9.59 Å². The van der Waals surface area contributed by atoms with Gasteiger partial charge in [-0.3, -0.25) is 9.59 Å². The number of para-hydroxylation sites is 2. The van der Waals surface area contributed by atoms with Gasteiger partial charge in [-0.25, -0.2) is 4.98 Å². The van der Waals surface area contributed by atoms with E-state index in [1.165, 1.54) is 0 Å². The number of carbonyl (C=O) groups is 2. The Balaban J connectivity index is 1.65. The van der Waals surface area contributed by atoms with Gasteiger partial charge in [0.1, 0.15) is 5.82 Å². The number of nitrogens with zero attached hydrogens (tertiary/aromatic N) is 3. The smallest absolute Gasteiger partial charge is 0.255 e. The van der Waals surface area contributed by atoms with Crippen molar-refractivity contribution in [2.24, 2.45) is 7.05 Å². The lowest BCUT2D eigenvalue weighted by molar-refractivity contribution is 0.0780. The van der Waals surface area contributed by atoms with Crippen molar-refractivity contribution in [3.8, 4) is 0 Å². The second-order valence-corrected chi connectivity index (χ2v) is 7.95. The van der Waals surface area contributed by atoms with Crippen LogP contribution in [0.2, 0.25) is 0 Å². The number of hydrogen-bond acceptors (Lipinski definition) is 4. The quantitative estimate of drug-likeness (QED) is 0.550. The number of benzene rings is 2. The molecule has 1 aromatic heterocycles. The summed E-state index contributed by atoms with van der Waals surface area (Å²) in [7, 11) is 3.89. The number of aromatic nitrogens is 2. The molecule has 4 rings (SSSR count). The lowest BCUT2D eigenvalue weighted by Crippen LogP contribution is -2.32. The van der Waals surface area contributed by atoms with E-state index in [1.807, 2.05) is 62.0 Å². The van der Waals surface area contributed by atoms with E-state index in [0.717, 1.165) is 41.8 Å². The maximum absolute atomic E-state index is 13.4. The van der Waals surface area contributed by atoms with Crippen LogP contribution in [-0.2, 0) is 13.6 Å². The monoisotopic (exact) mass is 419 g/mol. The third-order valence-electron chi connectivity index (χ3n) is 6.00. The third kappa shape index (κ3) is 3.93. The number of imidazole rings is 1. The molecule has 31 heavy (non-hydrogen) atoms. The van der Waals surface area contributed by atoms with Gasteiger partial charge in [-0.15, -0.1) is 0 Å². The van der Waals surface area contributed by atoms with Gasteiger partial charge < -0.3 is 20.1 Å². The van der Waals surface area contributed by atoms with Crippen LogP contribution in [0.3, 0.4) is 0 Å². The molecular formula is C24H29N5O2. The van der Waals surface area contributed by atoms with E-state index in [-0.39, 0.29) is 17.9 Å². The van der Waals surface area contributed by atoms with E-state index >= 15 is 0 Å². The lowest BCUT2D eigenvalue weighted by atomic mass is 10.0. The molecule has 0 fully saturated rings. The summed E-state index contributed by atoms with van der Waals surface area (Å²) in [6, 6.07) is 13.2. The van der Waals surface area contributed by atoms with Gasteiger partial charge in [-0.05, 0) is 57.1 Å². The summed E-state index contributed by atoms with van der Waals surface area (Å²) < 4.78 is 2.04. The Bertz CT molecular complexity index is 1120. The van der Waals surface area contributed by atoms with E-state index in [2.05, 4.69) is 10.6 Å². The Morgan fingerprint density at radius 1 is 1.19 bits per heavy atom. The highest BCUT2D eigenvalue weighted by atomic mass is 16.2. The highest BCUT2D eigenvalue weighted by Gasteiger charge is 2.31. The third-order valence-corrected chi connectivity index (χ3v) is 6.00. The van der Waals surface area contributed by atoms with Gasteiger partial charge in [-0.1, -0.05) is 24.3 Å². The van der Waals surface area contributed by atoms with Crippen molar-refractivity contribution in [3.05, 3.63) is 65.0 Å². The zero-order valence-electron chi connectivity index (χ0n) is 18.3. The number of aryl methyl sites for hydroxylation is 1. The summed E-state index contributed by atoms with van der Waals surface area (Å²) >= 11 is 0. The lowest BCUT2D eigenvalue weighted by Gasteiger charge is -2.19. The largest absolute Gasteiger partial charge is 0.342 e. The van der Waals surface area contributed by atoms with E-state index in [1.54, 1.807) is 11.0 Å². The maximum atomic E-state index is 13.4. The van der Waals surface area contributed by atoms with E-state index in [0.29, 0.717) is 24.2 Å². The molecule has 2 amide bonds. The van der Waals surface area contributed by atoms with Gasteiger partial charge in [0.05, 0.1) is 28.2 Å². The Morgan fingerprint density at radius 3 is 2.74 bits per heavy atom. The van der Waals surface area contributed by atoms with Crippen LogP contribution in [0.25, 0.3) is 11.0 Å². The summed E-state index contributed by atoms with van der Waals surface area (Å²) in [5.41, 5.74) is 3.81. The Morgan fingerprint density at radius 2 is 2.00 bits per heavy atom. The summed E-state index contributed by atoms with van der Waals surface area (Å²) in [6.45, 7) is 3.98. The minimum Gasteiger partial charge on any atom is -0.342 e. The molecule has 1 aliphatic heterocycles. The number of amides is 2. The van der Waals surface area contributed by atoms with Crippen LogP contribution >= 0.6 is 0 Å². The molecule has 7 heteroatoms. The average Bonchev–Trinajstić information content (AvgIpc) is 3.30. The van der Waals surface area contributed by atoms with E-state index in [4.69, 9.17) is 4.98 Å². The van der Waals surface area contributed by atoms with Crippen LogP contribution in [0.5, 0.6) is 0 Å². The first-order valence-corrected chi connectivity index (χ1v) is 10.8. The summed E-state index contributed by atoms with van der Waals surface area (Å²) in [5, 5.41) is 6.33. The predicted molar refractivity (Wildman–Crippen MR) is 121 cm³/mol. The van der Waals surface area contributed by atoms with Gasteiger partial charge in [0.25, 0.3) is 11.8 Å². The van der Waals surface area contributed by atoms with Crippen LogP contribution in [0, 0.1) is 0 Å². The normalized spacial score (nSPS) is 14.2. The fraction of sp³-hybridized carbons (Fsp3) is 0.375. The minimum atomic E-state index is -0.257. The van der Waals surface area contributed by atoms with E-state index < -0.39 is 0 Å². The number of hydrogen-bond donors (Lipinski definition) is 2. The van der Waals surface area contributed by atoms with Crippen LogP contribution in [0.15, 0.2) is 42.5 Å². The van der Waals surface area contributed by atoms with Crippen LogP contribution in [0.1, 0.15) is 57.9 Å².